The van der Waals surface area contributed by atoms with Gasteiger partial charge in [0.15, 0.2) is 5.16 Å². The zero-order valence-electron chi connectivity index (χ0n) is 16.5. The van der Waals surface area contributed by atoms with Crippen molar-refractivity contribution in [1.29, 1.82) is 0 Å². The number of imidazole rings is 1. The third kappa shape index (κ3) is 4.59. The lowest BCUT2D eigenvalue weighted by molar-refractivity contribution is -0.125. The number of amides is 1. The summed E-state index contributed by atoms with van der Waals surface area (Å²) in [5.41, 5.74) is 2.89. The van der Waals surface area contributed by atoms with Crippen LogP contribution in [0.2, 0.25) is 5.02 Å². The third-order valence-corrected chi connectivity index (χ3v) is 6.68. The Bertz CT molecular complexity index is 999. The van der Waals surface area contributed by atoms with Gasteiger partial charge in [-0.05, 0) is 43.0 Å². The number of benzene rings is 1. The molecular formula is C22H25ClN4OS. The molecule has 1 atom stereocenters. The molecule has 1 fully saturated rings. The number of halogens is 1. The topological polar surface area (TPSA) is 59.8 Å². The zero-order chi connectivity index (χ0) is 20.2. The number of carbonyl (C=O) groups excluding carboxylic acids is 1. The van der Waals surface area contributed by atoms with E-state index in [1.807, 2.05) is 31.2 Å². The van der Waals surface area contributed by atoms with E-state index in [1.54, 1.807) is 24.2 Å². The standard InChI is InChI=1S/C22H25ClN4OS/c1-2-19(21(28)25-17-8-3-4-9-17)27-20-13-24-11-10-18(20)26-22(27)29-14-15-6-5-7-16(23)12-15/h5-7,10-13,17,19H,2-4,8-9,14H2,1H3,(H,25,28). The minimum Gasteiger partial charge on any atom is -0.352 e. The SMILES string of the molecule is CCC(C(=O)NC1CCCC1)n1c(SCc2cccc(Cl)c2)nc2ccncc21. The molecule has 152 valence electrons. The van der Waals surface area contributed by atoms with Gasteiger partial charge < -0.3 is 9.88 Å². The Morgan fingerprint density at radius 1 is 1.34 bits per heavy atom. The highest BCUT2D eigenvalue weighted by Crippen LogP contribution is 2.32. The molecule has 0 spiro atoms. The number of nitrogens with zero attached hydrogens (tertiary/aromatic N) is 3. The Balaban J connectivity index is 1.63. The van der Waals surface area contributed by atoms with Crippen LogP contribution in [0, 0.1) is 0 Å². The lowest BCUT2D eigenvalue weighted by Gasteiger charge is -2.22. The first kappa shape index (κ1) is 20.2. The van der Waals surface area contributed by atoms with Crippen LogP contribution in [-0.2, 0) is 10.5 Å². The fraction of sp³-hybridized carbons (Fsp3) is 0.409. The van der Waals surface area contributed by atoms with Crippen LogP contribution >= 0.6 is 23.4 Å². The molecule has 7 heteroatoms. The molecule has 1 aromatic carbocycles. The van der Waals surface area contributed by atoms with Crippen molar-refractivity contribution in [2.45, 2.75) is 62.0 Å². The summed E-state index contributed by atoms with van der Waals surface area (Å²) in [6.45, 7) is 2.05. The van der Waals surface area contributed by atoms with Crippen molar-refractivity contribution in [3.63, 3.8) is 0 Å². The average Bonchev–Trinajstić information content (AvgIpc) is 3.35. The molecule has 0 bridgehead atoms. The van der Waals surface area contributed by atoms with E-state index < -0.39 is 0 Å². The van der Waals surface area contributed by atoms with Crippen molar-refractivity contribution in [1.82, 2.24) is 19.9 Å². The van der Waals surface area contributed by atoms with Crippen LogP contribution in [0.3, 0.4) is 0 Å². The average molecular weight is 429 g/mol. The van der Waals surface area contributed by atoms with E-state index in [1.165, 1.54) is 12.8 Å². The van der Waals surface area contributed by atoms with Crippen molar-refractivity contribution in [2.24, 2.45) is 0 Å². The summed E-state index contributed by atoms with van der Waals surface area (Å²) < 4.78 is 2.06. The van der Waals surface area contributed by atoms with Crippen molar-refractivity contribution in [3.8, 4) is 0 Å². The number of carbonyl (C=O) groups is 1. The van der Waals surface area contributed by atoms with E-state index in [0.717, 1.165) is 45.4 Å². The number of hydrogen-bond acceptors (Lipinski definition) is 4. The number of hydrogen-bond donors (Lipinski definition) is 1. The number of fused-ring (bicyclic) bond motifs is 1. The molecule has 1 aliphatic rings. The van der Waals surface area contributed by atoms with Gasteiger partial charge in [0.2, 0.25) is 5.91 Å². The van der Waals surface area contributed by atoms with Crippen LogP contribution in [0.1, 0.15) is 50.6 Å². The largest absolute Gasteiger partial charge is 0.352 e. The highest BCUT2D eigenvalue weighted by Gasteiger charge is 2.27. The normalized spacial score (nSPS) is 15.7. The van der Waals surface area contributed by atoms with E-state index >= 15 is 0 Å². The molecule has 1 unspecified atom stereocenters. The highest BCUT2D eigenvalue weighted by molar-refractivity contribution is 7.98. The molecule has 1 aliphatic carbocycles. The van der Waals surface area contributed by atoms with Gasteiger partial charge in [-0.15, -0.1) is 0 Å². The fourth-order valence-electron chi connectivity index (χ4n) is 3.95. The van der Waals surface area contributed by atoms with Crippen LogP contribution in [0.15, 0.2) is 47.9 Å². The van der Waals surface area contributed by atoms with Crippen molar-refractivity contribution in [3.05, 3.63) is 53.3 Å². The summed E-state index contributed by atoms with van der Waals surface area (Å²) in [7, 11) is 0. The molecule has 3 aromatic rings. The van der Waals surface area contributed by atoms with Crippen molar-refractivity contribution < 1.29 is 4.79 Å². The van der Waals surface area contributed by atoms with E-state index in [0.29, 0.717) is 12.5 Å². The smallest absolute Gasteiger partial charge is 0.243 e. The molecule has 0 aliphatic heterocycles. The van der Waals surface area contributed by atoms with Gasteiger partial charge in [0.1, 0.15) is 6.04 Å². The second kappa shape index (κ2) is 9.18. The number of rotatable bonds is 7. The number of aromatic nitrogens is 3. The molecule has 1 N–H and O–H groups in total. The predicted molar refractivity (Wildman–Crippen MR) is 118 cm³/mol. The van der Waals surface area contributed by atoms with Crippen LogP contribution < -0.4 is 5.32 Å². The Morgan fingerprint density at radius 3 is 2.93 bits per heavy atom. The maximum atomic E-state index is 13.1. The van der Waals surface area contributed by atoms with Gasteiger partial charge >= 0.3 is 0 Å². The first-order chi connectivity index (χ1) is 14.2. The lowest BCUT2D eigenvalue weighted by atomic mass is 10.1. The highest BCUT2D eigenvalue weighted by atomic mass is 35.5. The van der Waals surface area contributed by atoms with Crippen LogP contribution in [-0.4, -0.2) is 26.5 Å². The van der Waals surface area contributed by atoms with Crippen molar-refractivity contribution >= 4 is 40.3 Å². The summed E-state index contributed by atoms with van der Waals surface area (Å²) in [6, 6.07) is 9.74. The molecule has 5 nitrogen and oxygen atoms in total. The van der Waals surface area contributed by atoms with Crippen molar-refractivity contribution in [2.75, 3.05) is 0 Å². The minimum absolute atomic E-state index is 0.0761. The second-order valence-electron chi connectivity index (χ2n) is 7.46. The van der Waals surface area contributed by atoms with Gasteiger partial charge in [0.05, 0.1) is 17.2 Å². The maximum Gasteiger partial charge on any atom is 0.243 e. The monoisotopic (exact) mass is 428 g/mol. The molecule has 2 aromatic heterocycles. The van der Waals surface area contributed by atoms with Crippen LogP contribution in [0.25, 0.3) is 11.0 Å². The molecule has 0 saturated heterocycles. The van der Waals surface area contributed by atoms with Gasteiger partial charge in [-0.3, -0.25) is 9.78 Å². The molecule has 29 heavy (non-hydrogen) atoms. The van der Waals surface area contributed by atoms with E-state index in [2.05, 4.69) is 20.9 Å². The Hall–Kier alpha value is -2.05. The number of nitrogens with one attached hydrogen (secondary N) is 1. The summed E-state index contributed by atoms with van der Waals surface area (Å²) in [5.74, 6) is 0.810. The molecule has 2 heterocycles. The number of thioether (sulfide) groups is 1. The second-order valence-corrected chi connectivity index (χ2v) is 8.84. The Morgan fingerprint density at radius 2 is 2.17 bits per heavy atom. The maximum absolute atomic E-state index is 13.1. The zero-order valence-corrected chi connectivity index (χ0v) is 18.0. The van der Waals surface area contributed by atoms with E-state index in [4.69, 9.17) is 16.6 Å². The molecular weight excluding hydrogens is 404 g/mol. The van der Waals surface area contributed by atoms with Gasteiger partial charge in [-0.1, -0.05) is 55.3 Å². The van der Waals surface area contributed by atoms with Gasteiger partial charge in [-0.2, -0.15) is 0 Å². The fourth-order valence-corrected chi connectivity index (χ4v) is 5.17. The quantitative estimate of drug-likeness (QED) is 0.512. The lowest BCUT2D eigenvalue weighted by Crippen LogP contribution is -2.38. The summed E-state index contributed by atoms with van der Waals surface area (Å²) in [6.07, 6.45) is 8.78. The Kier molecular flexibility index (Phi) is 6.40. The summed E-state index contributed by atoms with van der Waals surface area (Å²) in [4.78, 5) is 22.2. The Labute approximate surface area is 180 Å². The summed E-state index contributed by atoms with van der Waals surface area (Å²) in [5, 5.41) is 4.82. The molecule has 1 amide bonds. The predicted octanol–water partition coefficient (Wildman–Crippen LogP) is 5.39. The first-order valence-electron chi connectivity index (χ1n) is 10.1. The number of pyridine rings is 1. The minimum atomic E-state index is -0.299. The molecule has 0 radical (unpaired) electrons. The van der Waals surface area contributed by atoms with Crippen LogP contribution in [0.5, 0.6) is 0 Å². The van der Waals surface area contributed by atoms with Gasteiger partial charge in [-0.25, -0.2) is 4.98 Å². The molecule has 1 saturated carbocycles. The summed E-state index contributed by atoms with van der Waals surface area (Å²) >= 11 is 7.75. The van der Waals surface area contributed by atoms with E-state index in [-0.39, 0.29) is 11.9 Å². The molecule has 4 rings (SSSR count). The van der Waals surface area contributed by atoms with Gasteiger partial charge in [0, 0.05) is 23.0 Å². The van der Waals surface area contributed by atoms with E-state index in [9.17, 15) is 4.79 Å². The first-order valence-corrected chi connectivity index (χ1v) is 11.5. The van der Waals surface area contributed by atoms with Crippen LogP contribution in [0.4, 0.5) is 0 Å². The van der Waals surface area contributed by atoms with Gasteiger partial charge in [0.25, 0.3) is 0 Å². The third-order valence-electron chi connectivity index (χ3n) is 5.42.